The predicted octanol–water partition coefficient (Wildman–Crippen LogP) is 1.40. The highest BCUT2D eigenvalue weighted by Crippen LogP contribution is 2.28. The smallest absolute Gasteiger partial charge is 0.234 e. The molecular formula is C13H16N2O3. The third-order valence-electron chi connectivity index (χ3n) is 2.79. The number of methoxy groups -OCH3 is 1. The van der Waals surface area contributed by atoms with E-state index in [4.69, 9.17) is 14.9 Å². The van der Waals surface area contributed by atoms with Crippen molar-refractivity contribution >= 4 is 16.9 Å². The van der Waals surface area contributed by atoms with Crippen LogP contribution in [0.25, 0.3) is 11.0 Å². The van der Waals surface area contributed by atoms with Crippen molar-refractivity contribution in [3.63, 3.8) is 0 Å². The molecule has 0 radical (unpaired) electrons. The molecule has 0 fully saturated rings. The molecule has 0 spiro atoms. The molecule has 0 aliphatic heterocycles. The van der Waals surface area contributed by atoms with E-state index in [1.807, 2.05) is 24.3 Å². The van der Waals surface area contributed by atoms with Gasteiger partial charge in [-0.15, -0.1) is 0 Å². The zero-order valence-corrected chi connectivity index (χ0v) is 10.4. The molecular weight excluding hydrogens is 232 g/mol. The first-order valence-electron chi connectivity index (χ1n) is 5.70. The van der Waals surface area contributed by atoms with Crippen LogP contribution in [-0.2, 0) is 11.3 Å². The average Bonchev–Trinajstić information content (AvgIpc) is 2.78. The lowest BCUT2D eigenvalue weighted by Crippen LogP contribution is -2.38. The van der Waals surface area contributed by atoms with Gasteiger partial charge in [-0.1, -0.05) is 12.1 Å². The average molecular weight is 248 g/mol. The largest absolute Gasteiger partial charge is 0.493 e. The van der Waals surface area contributed by atoms with Gasteiger partial charge in [-0.05, 0) is 19.1 Å². The van der Waals surface area contributed by atoms with Gasteiger partial charge in [0.1, 0.15) is 5.76 Å². The second-order valence-electron chi connectivity index (χ2n) is 4.10. The van der Waals surface area contributed by atoms with E-state index in [1.165, 1.54) is 0 Å². The van der Waals surface area contributed by atoms with Crippen molar-refractivity contribution in [3.05, 3.63) is 30.0 Å². The molecule has 0 aliphatic carbocycles. The number of furan rings is 1. The Morgan fingerprint density at radius 3 is 3.00 bits per heavy atom. The molecule has 5 nitrogen and oxygen atoms in total. The monoisotopic (exact) mass is 248 g/mol. The second kappa shape index (κ2) is 5.10. The molecule has 0 bridgehead atoms. The lowest BCUT2D eigenvalue weighted by molar-refractivity contribution is -0.119. The number of nitrogens with one attached hydrogen (secondary N) is 1. The fraction of sp³-hybridized carbons (Fsp3) is 0.308. The third-order valence-corrected chi connectivity index (χ3v) is 2.79. The highest BCUT2D eigenvalue weighted by atomic mass is 16.5. The molecule has 2 aromatic rings. The maximum atomic E-state index is 10.9. The number of primary amides is 1. The van der Waals surface area contributed by atoms with Gasteiger partial charge in [0.25, 0.3) is 0 Å². The Balaban J connectivity index is 2.18. The third kappa shape index (κ3) is 2.46. The van der Waals surface area contributed by atoms with Gasteiger partial charge >= 0.3 is 0 Å². The number of fused-ring (bicyclic) bond motifs is 1. The molecule has 1 aromatic carbocycles. The van der Waals surface area contributed by atoms with Crippen molar-refractivity contribution in [2.45, 2.75) is 19.5 Å². The van der Waals surface area contributed by atoms with E-state index in [9.17, 15) is 4.79 Å². The summed E-state index contributed by atoms with van der Waals surface area (Å²) in [5.74, 6) is 1.05. The fourth-order valence-electron chi connectivity index (χ4n) is 1.69. The zero-order chi connectivity index (χ0) is 13.1. The first-order chi connectivity index (χ1) is 8.61. The number of benzene rings is 1. The maximum Gasteiger partial charge on any atom is 0.234 e. The van der Waals surface area contributed by atoms with Gasteiger partial charge < -0.3 is 14.9 Å². The lowest BCUT2D eigenvalue weighted by Gasteiger charge is -2.07. The summed E-state index contributed by atoms with van der Waals surface area (Å²) in [6.45, 7) is 2.16. The summed E-state index contributed by atoms with van der Waals surface area (Å²) in [5.41, 5.74) is 5.88. The number of amides is 1. The molecule has 3 N–H and O–H groups in total. The molecule has 1 amide bonds. The first kappa shape index (κ1) is 12.4. The Morgan fingerprint density at radius 2 is 2.33 bits per heavy atom. The Kier molecular flexibility index (Phi) is 3.53. The molecule has 0 saturated heterocycles. The van der Waals surface area contributed by atoms with E-state index >= 15 is 0 Å². The summed E-state index contributed by atoms with van der Waals surface area (Å²) in [6, 6.07) is 7.22. The molecule has 1 heterocycles. The molecule has 2 rings (SSSR count). The number of carbonyl (C=O) groups excluding carboxylic acids is 1. The first-order valence-corrected chi connectivity index (χ1v) is 5.70. The highest BCUT2D eigenvalue weighted by Gasteiger charge is 2.11. The van der Waals surface area contributed by atoms with Crippen LogP contribution in [0.4, 0.5) is 0 Å². The van der Waals surface area contributed by atoms with Crippen molar-refractivity contribution in [3.8, 4) is 5.75 Å². The van der Waals surface area contributed by atoms with E-state index in [0.717, 1.165) is 11.1 Å². The summed E-state index contributed by atoms with van der Waals surface area (Å²) in [4.78, 5) is 10.9. The van der Waals surface area contributed by atoms with Crippen LogP contribution in [0, 0.1) is 0 Å². The van der Waals surface area contributed by atoms with Crippen LogP contribution < -0.4 is 15.8 Å². The van der Waals surface area contributed by atoms with Gasteiger partial charge in [-0.3, -0.25) is 10.1 Å². The van der Waals surface area contributed by atoms with Crippen molar-refractivity contribution in [1.29, 1.82) is 0 Å². The van der Waals surface area contributed by atoms with Gasteiger partial charge in [-0.25, -0.2) is 0 Å². The molecule has 1 unspecified atom stereocenters. The van der Waals surface area contributed by atoms with Gasteiger partial charge in [0.2, 0.25) is 5.91 Å². The van der Waals surface area contributed by atoms with Crippen molar-refractivity contribution in [2.24, 2.45) is 5.73 Å². The summed E-state index contributed by atoms with van der Waals surface area (Å²) >= 11 is 0. The van der Waals surface area contributed by atoms with Crippen LogP contribution in [0.5, 0.6) is 5.75 Å². The van der Waals surface area contributed by atoms with E-state index < -0.39 is 0 Å². The standard InChI is InChI=1S/C13H16N2O3/c1-8(13(14)16)15-7-10-6-9-4-3-5-11(17-2)12(9)18-10/h3-6,8,15H,7H2,1-2H3,(H2,14,16). The highest BCUT2D eigenvalue weighted by molar-refractivity contribution is 5.83. The molecule has 0 saturated carbocycles. The normalized spacial score (nSPS) is 12.6. The summed E-state index contributed by atoms with van der Waals surface area (Å²) in [5, 5.41) is 3.96. The van der Waals surface area contributed by atoms with Crippen molar-refractivity contribution < 1.29 is 13.9 Å². The number of nitrogens with two attached hydrogens (primary N) is 1. The molecule has 5 heteroatoms. The number of carbonyl (C=O) groups is 1. The minimum absolute atomic E-state index is 0.385. The van der Waals surface area contributed by atoms with Gasteiger partial charge in [0, 0.05) is 5.39 Å². The van der Waals surface area contributed by atoms with Crippen LogP contribution in [0.15, 0.2) is 28.7 Å². The fourth-order valence-corrected chi connectivity index (χ4v) is 1.69. The van der Waals surface area contributed by atoms with Crippen LogP contribution in [0.1, 0.15) is 12.7 Å². The Labute approximate surface area is 105 Å². The molecule has 1 aromatic heterocycles. The number of hydrogen-bond donors (Lipinski definition) is 2. The summed E-state index contributed by atoms with van der Waals surface area (Å²) < 4.78 is 10.9. The number of ether oxygens (including phenoxy) is 1. The van der Waals surface area contributed by atoms with Crippen molar-refractivity contribution in [1.82, 2.24) is 5.32 Å². The topological polar surface area (TPSA) is 77.5 Å². The number of hydrogen-bond acceptors (Lipinski definition) is 4. The molecule has 96 valence electrons. The van der Waals surface area contributed by atoms with Crippen LogP contribution >= 0.6 is 0 Å². The van der Waals surface area contributed by atoms with Crippen LogP contribution in [0.3, 0.4) is 0 Å². The zero-order valence-electron chi connectivity index (χ0n) is 10.4. The second-order valence-corrected chi connectivity index (χ2v) is 4.10. The van der Waals surface area contributed by atoms with Gasteiger partial charge in [0.05, 0.1) is 19.7 Å². The van der Waals surface area contributed by atoms with E-state index in [1.54, 1.807) is 14.0 Å². The van der Waals surface area contributed by atoms with Crippen molar-refractivity contribution in [2.75, 3.05) is 7.11 Å². The van der Waals surface area contributed by atoms with Crippen LogP contribution in [-0.4, -0.2) is 19.1 Å². The molecule has 0 aliphatic rings. The predicted molar refractivity (Wildman–Crippen MR) is 68.3 cm³/mol. The van der Waals surface area contributed by atoms with Gasteiger partial charge in [0.15, 0.2) is 11.3 Å². The quantitative estimate of drug-likeness (QED) is 0.838. The maximum absolute atomic E-state index is 10.9. The molecule has 18 heavy (non-hydrogen) atoms. The number of para-hydroxylation sites is 1. The Bertz CT molecular complexity index is 562. The van der Waals surface area contributed by atoms with E-state index in [2.05, 4.69) is 5.32 Å². The Morgan fingerprint density at radius 1 is 1.56 bits per heavy atom. The lowest BCUT2D eigenvalue weighted by atomic mass is 10.2. The summed E-state index contributed by atoms with van der Waals surface area (Å²) in [7, 11) is 1.60. The van der Waals surface area contributed by atoms with E-state index in [-0.39, 0.29) is 11.9 Å². The van der Waals surface area contributed by atoms with E-state index in [0.29, 0.717) is 17.9 Å². The van der Waals surface area contributed by atoms with Crippen LogP contribution in [0.2, 0.25) is 0 Å². The molecule has 1 atom stereocenters. The number of rotatable bonds is 5. The minimum Gasteiger partial charge on any atom is -0.493 e. The SMILES string of the molecule is COc1cccc2cc(CNC(C)C(N)=O)oc12. The summed E-state index contributed by atoms with van der Waals surface area (Å²) in [6.07, 6.45) is 0. The minimum atomic E-state index is -0.389. The Hall–Kier alpha value is -2.01. The van der Waals surface area contributed by atoms with Gasteiger partial charge in [-0.2, -0.15) is 0 Å².